The predicted molar refractivity (Wildman–Crippen MR) is 122 cm³/mol. The quantitative estimate of drug-likeness (QED) is 0.597. The van der Waals surface area contributed by atoms with Gasteiger partial charge in [0.1, 0.15) is 5.82 Å². The number of anilines is 2. The first-order chi connectivity index (χ1) is 14.9. The second-order valence-electron chi connectivity index (χ2n) is 8.31. The normalized spacial score (nSPS) is 19.0. The van der Waals surface area contributed by atoms with E-state index >= 15 is 0 Å². The van der Waals surface area contributed by atoms with Gasteiger partial charge >= 0.3 is 0 Å². The van der Waals surface area contributed by atoms with Crippen molar-refractivity contribution in [1.82, 2.24) is 39.5 Å². The van der Waals surface area contributed by atoms with Crippen molar-refractivity contribution in [2.75, 3.05) is 39.0 Å². The smallest absolute Gasteiger partial charge is 0.248 e. The van der Waals surface area contributed by atoms with Crippen molar-refractivity contribution in [3.8, 4) is 0 Å². The second kappa shape index (κ2) is 9.33. The number of rotatable bonds is 7. The van der Waals surface area contributed by atoms with Gasteiger partial charge in [0.05, 0.1) is 6.20 Å². The third-order valence-electron chi connectivity index (χ3n) is 5.66. The molecule has 1 fully saturated rings. The first-order valence-electron chi connectivity index (χ1n) is 10.6. The molecule has 4 rings (SSSR count). The van der Waals surface area contributed by atoms with E-state index in [1.54, 1.807) is 0 Å². The lowest BCUT2D eigenvalue weighted by molar-refractivity contribution is 0.200. The van der Waals surface area contributed by atoms with E-state index in [0.717, 1.165) is 49.4 Å². The van der Waals surface area contributed by atoms with Crippen LogP contribution in [-0.4, -0.2) is 78.1 Å². The zero-order chi connectivity index (χ0) is 22.0. The van der Waals surface area contributed by atoms with Crippen molar-refractivity contribution in [1.29, 1.82) is 0 Å². The topological polar surface area (TPSA) is 107 Å². The highest BCUT2D eigenvalue weighted by molar-refractivity contribution is 7.82. The highest BCUT2D eigenvalue weighted by Gasteiger charge is 2.27. The summed E-state index contributed by atoms with van der Waals surface area (Å²) >= 11 is 0. The Morgan fingerprint density at radius 2 is 2.06 bits per heavy atom. The number of aromatic amines is 1. The molecule has 0 aliphatic carbocycles. The fourth-order valence-corrected chi connectivity index (χ4v) is 4.95. The molecule has 3 N–H and O–H groups in total. The minimum Gasteiger partial charge on any atom is -0.387 e. The predicted octanol–water partition coefficient (Wildman–Crippen LogP) is 1.87. The molecule has 10 nitrogen and oxygen atoms in total. The molecular weight excluding hydrogens is 414 g/mol. The summed E-state index contributed by atoms with van der Waals surface area (Å²) in [6.07, 6.45) is 9.90. The standard InChI is InChI=1S/C20H31N9OS/c1-14(2)29-18(17(13-22-29)15-5-9-21-10-6-15)23-19-24-20(26-25-19)31(30)28-11-7-16(8-12-28)27(3)4/h5-6,9,13-14,16,21H,7-8,10-12H2,1-4H3,(H2,23,24,25,26). The number of hydrogen-bond acceptors (Lipinski definition) is 7. The molecule has 0 aromatic carbocycles. The van der Waals surface area contributed by atoms with E-state index in [0.29, 0.717) is 17.1 Å². The van der Waals surface area contributed by atoms with E-state index in [9.17, 15) is 4.21 Å². The molecule has 1 saturated heterocycles. The summed E-state index contributed by atoms with van der Waals surface area (Å²) in [4.78, 5) is 6.72. The van der Waals surface area contributed by atoms with Crippen LogP contribution in [0.15, 0.2) is 29.7 Å². The van der Waals surface area contributed by atoms with E-state index < -0.39 is 11.0 Å². The molecule has 2 aliphatic rings. The number of H-pyrrole nitrogens is 1. The fourth-order valence-electron chi connectivity index (χ4n) is 3.88. The maximum Gasteiger partial charge on any atom is 0.248 e. The molecule has 2 aromatic heterocycles. The number of aromatic nitrogens is 5. The number of hydrogen-bond donors (Lipinski definition) is 3. The molecule has 168 valence electrons. The molecule has 0 bridgehead atoms. The minimum atomic E-state index is -1.36. The van der Waals surface area contributed by atoms with Crippen LogP contribution in [0.4, 0.5) is 11.8 Å². The molecule has 0 radical (unpaired) electrons. The first-order valence-corrected chi connectivity index (χ1v) is 11.8. The van der Waals surface area contributed by atoms with Gasteiger partial charge in [-0.25, -0.2) is 18.3 Å². The third-order valence-corrected chi connectivity index (χ3v) is 7.01. The molecule has 1 unspecified atom stereocenters. The van der Waals surface area contributed by atoms with Crippen LogP contribution in [-0.2, 0) is 11.0 Å². The summed E-state index contributed by atoms with van der Waals surface area (Å²) in [5, 5.41) is 18.5. The largest absolute Gasteiger partial charge is 0.387 e. The van der Waals surface area contributed by atoms with Gasteiger partial charge in [-0.1, -0.05) is 6.08 Å². The molecule has 2 aliphatic heterocycles. The number of allylic oxidation sites excluding steroid dienone is 2. The summed E-state index contributed by atoms with van der Waals surface area (Å²) < 4.78 is 16.9. The van der Waals surface area contributed by atoms with Crippen LogP contribution in [0.25, 0.3) is 5.57 Å². The molecule has 4 heterocycles. The Hall–Kier alpha value is -2.50. The van der Waals surface area contributed by atoms with Gasteiger partial charge < -0.3 is 15.5 Å². The van der Waals surface area contributed by atoms with E-state index in [1.165, 1.54) is 0 Å². The van der Waals surface area contributed by atoms with Crippen LogP contribution < -0.4 is 10.6 Å². The van der Waals surface area contributed by atoms with E-state index in [4.69, 9.17) is 0 Å². The highest BCUT2D eigenvalue weighted by Crippen LogP contribution is 2.30. The number of piperidine rings is 1. The van der Waals surface area contributed by atoms with Crippen molar-refractivity contribution in [3.63, 3.8) is 0 Å². The van der Waals surface area contributed by atoms with Crippen LogP contribution in [0, 0.1) is 0 Å². The monoisotopic (exact) mass is 445 g/mol. The molecule has 0 saturated carbocycles. The lowest BCUT2D eigenvalue weighted by Gasteiger charge is -2.33. The van der Waals surface area contributed by atoms with Gasteiger partial charge in [0, 0.05) is 37.3 Å². The first kappa shape index (κ1) is 21.7. The average Bonchev–Trinajstić information content (AvgIpc) is 3.41. The van der Waals surface area contributed by atoms with Crippen molar-refractivity contribution in [2.45, 2.75) is 43.9 Å². The summed E-state index contributed by atoms with van der Waals surface area (Å²) in [7, 11) is 2.83. The van der Waals surface area contributed by atoms with Crippen molar-refractivity contribution < 1.29 is 4.21 Å². The zero-order valence-electron chi connectivity index (χ0n) is 18.5. The Kier molecular flexibility index (Phi) is 6.54. The third kappa shape index (κ3) is 4.73. The van der Waals surface area contributed by atoms with E-state index in [2.05, 4.69) is 69.8 Å². The molecular formula is C20H31N9OS. The van der Waals surface area contributed by atoms with Gasteiger partial charge in [0.2, 0.25) is 11.1 Å². The molecule has 0 spiro atoms. The molecule has 2 aromatic rings. The van der Waals surface area contributed by atoms with Crippen molar-refractivity contribution in [2.24, 2.45) is 0 Å². The van der Waals surface area contributed by atoms with Gasteiger partial charge in [0.15, 0.2) is 11.0 Å². The number of dihydropyridines is 1. The molecule has 11 heteroatoms. The average molecular weight is 446 g/mol. The van der Waals surface area contributed by atoms with Crippen molar-refractivity contribution >= 4 is 28.3 Å². The lowest BCUT2D eigenvalue weighted by Crippen LogP contribution is -2.42. The minimum absolute atomic E-state index is 0.160. The van der Waals surface area contributed by atoms with Crippen LogP contribution in [0.3, 0.4) is 0 Å². The van der Waals surface area contributed by atoms with Crippen LogP contribution in [0.5, 0.6) is 0 Å². The SMILES string of the molecule is CC(C)n1ncc(C2=CCNC=C2)c1Nc1n[nH]c(S(=O)N2CCC(N(C)C)CC2)n1. The molecule has 31 heavy (non-hydrogen) atoms. The van der Waals surface area contributed by atoms with Crippen molar-refractivity contribution in [3.05, 3.63) is 30.1 Å². The summed E-state index contributed by atoms with van der Waals surface area (Å²) in [5.74, 6) is 1.20. The summed E-state index contributed by atoms with van der Waals surface area (Å²) in [5.41, 5.74) is 2.06. The van der Waals surface area contributed by atoms with Crippen LogP contribution in [0.1, 0.15) is 38.3 Å². The van der Waals surface area contributed by atoms with E-state index in [1.807, 2.05) is 27.5 Å². The number of nitrogens with zero attached hydrogens (tertiary/aromatic N) is 6. The van der Waals surface area contributed by atoms with Crippen LogP contribution >= 0.6 is 0 Å². The Bertz CT molecular complexity index is 983. The van der Waals surface area contributed by atoms with Gasteiger partial charge in [-0.15, -0.1) is 5.10 Å². The molecule has 1 atom stereocenters. The summed E-state index contributed by atoms with van der Waals surface area (Å²) in [6, 6.07) is 0.696. The van der Waals surface area contributed by atoms with E-state index in [-0.39, 0.29) is 6.04 Å². The fraction of sp³-hybridized carbons (Fsp3) is 0.550. The Labute approximate surface area is 185 Å². The van der Waals surface area contributed by atoms with Gasteiger partial charge in [0.25, 0.3) is 0 Å². The maximum atomic E-state index is 13.0. The zero-order valence-corrected chi connectivity index (χ0v) is 19.3. The van der Waals surface area contributed by atoms with Crippen LogP contribution in [0.2, 0.25) is 0 Å². The van der Waals surface area contributed by atoms with Gasteiger partial charge in [-0.3, -0.25) is 0 Å². The second-order valence-corrected chi connectivity index (χ2v) is 9.71. The Morgan fingerprint density at radius 3 is 2.71 bits per heavy atom. The van der Waals surface area contributed by atoms with Gasteiger partial charge in [-0.05, 0) is 58.6 Å². The highest BCUT2D eigenvalue weighted by atomic mass is 32.2. The molecule has 0 amide bonds. The Morgan fingerprint density at radius 1 is 1.29 bits per heavy atom. The number of nitrogens with one attached hydrogen (secondary N) is 3. The Balaban J connectivity index is 1.50. The summed E-state index contributed by atoms with van der Waals surface area (Å²) in [6.45, 7) is 6.47. The van der Waals surface area contributed by atoms with Gasteiger partial charge in [-0.2, -0.15) is 10.1 Å². The lowest BCUT2D eigenvalue weighted by atomic mass is 10.1. The maximum absolute atomic E-state index is 13.0.